The highest BCUT2D eigenvalue weighted by atomic mass is 19.1. The highest BCUT2D eigenvalue weighted by Gasteiger charge is 2.61. The second-order valence-corrected chi connectivity index (χ2v) is 15.8. The number of anilines is 1. The number of rotatable bonds is 7. The Morgan fingerprint density at radius 1 is 1.16 bits per heavy atom. The van der Waals surface area contributed by atoms with E-state index in [0.29, 0.717) is 86.4 Å². The highest BCUT2D eigenvalue weighted by Crippen LogP contribution is 2.52. The summed E-state index contributed by atoms with van der Waals surface area (Å²) in [6.07, 6.45) is 3.42. The fourth-order valence-corrected chi connectivity index (χ4v) is 10.4. The van der Waals surface area contributed by atoms with Gasteiger partial charge in [0.05, 0.1) is 30.9 Å². The summed E-state index contributed by atoms with van der Waals surface area (Å²) in [6.45, 7) is 4.08. The first-order valence-electron chi connectivity index (χ1n) is 18.3. The van der Waals surface area contributed by atoms with Gasteiger partial charge in [0.1, 0.15) is 29.6 Å². The van der Waals surface area contributed by atoms with Crippen LogP contribution in [0, 0.1) is 11.2 Å². The van der Waals surface area contributed by atoms with Crippen LogP contribution in [0.1, 0.15) is 37.7 Å². The molecule has 2 aromatic carbocycles. The molecule has 11 nitrogen and oxygen atoms in total. The molecule has 5 fully saturated rings. The molecule has 4 aromatic rings. The lowest BCUT2D eigenvalue weighted by Crippen LogP contribution is -2.58. The fourth-order valence-electron chi connectivity index (χ4n) is 10.4. The van der Waals surface area contributed by atoms with Crippen LogP contribution < -0.4 is 20.5 Å². The van der Waals surface area contributed by atoms with Gasteiger partial charge in [-0.05, 0) is 60.6 Å². The molecule has 2 N–H and O–H groups in total. The minimum atomic E-state index is -0.952. The predicted molar refractivity (Wildman–Crippen MR) is 187 cm³/mol. The van der Waals surface area contributed by atoms with Crippen LogP contribution in [0.15, 0.2) is 35.1 Å². The molecule has 10 rings (SSSR count). The molecule has 5 atom stereocenters. The van der Waals surface area contributed by atoms with Crippen molar-refractivity contribution >= 4 is 27.6 Å². The van der Waals surface area contributed by atoms with Crippen LogP contribution in [-0.2, 0) is 22.4 Å². The zero-order valence-electron chi connectivity index (χ0n) is 28.7. The van der Waals surface area contributed by atoms with E-state index < -0.39 is 23.1 Å². The lowest BCUT2D eigenvalue weighted by atomic mass is 9.78. The normalized spacial score (nSPS) is 29.0. The summed E-state index contributed by atoms with van der Waals surface area (Å²) < 4.78 is 51.5. The first-order valence-corrected chi connectivity index (χ1v) is 18.3. The summed E-state index contributed by atoms with van der Waals surface area (Å²) in [7, 11) is 1.62. The Morgan fingerprint density at radius 2 is 2.04 bits per heavy atom. The van der Waals surface area contributed by atoms with Gasteiger partial charge >= 0.3 is 6.01 Å². The van der Waals surface area contributed by atoms with Gasteiger partial charge in [-0.2, -0.15) is 9.97 Å². The van der Waals surface area contributed by atoms with E-state index in [1.165, 1.54) is 6.07 Å². The fraction of sp³-hybridized carbons (Fsp3) is 0.553. The van der Waals surface area contributed by atoms with Crippen LogP contribution in [0.4, 0.5) is 14.6 Å². The van der Waals surface area contributed by atoms with Crippen molar-refractivity contribution in [2.24, 2.45) is 5.41 Å². The van der Waals surface area contributed by atoms with Crippen molar-refractivity contribution in [3.05, 3.63) is 52.1 Å². The summed E-state index contributed by atoms with van der Waals surface area (Å²) in [4.78, 5) is 28.9. The average Bonchev–Trinajstić information content (AvgIpc) is 3.70. The zero-order valence-corrected chi connectivity index (χ0v) is 28.7. The maximum Gasteiger partial charge on any atom is 0.319 e. The van der Waals surface area contributed by atoms with Gasteiger partial charge in [-0.15, -0.1) is 0 Å². The van der Waals surface area contributed by atoms with Crippen molar-refractivity contribution < 1.29 is 28.1 Å². The van der Waals surface area contributed by atoms with Crippen molar-refractivity contribution in [1.82, 2.24) is 24.8 Å². The van der Waals surface area contributed by atoms with Gasteiger partial charge in [-0.1, -0.05) is 18.2 Å². The molecule has 1 spiro atoms. The molecule has 51 heavy (non-hydrogen) atoms. The maximum absolute atomic E-state index is 17.5. The number of aryl methyl sites for hydroxylation is 1. The Morgan fingerprint density at radius 3 is 2.86 bits per heavy atom. The largest absolute Gasteiger partial charge is 0.508 e. The smallest absolute Gasteiger partial charge is 0.319 e. The third-order valence-corrected chi connectivity index (χ3v) is 12.6. The van der Waals surface area contributed by atoms with Gasteiger partial charge in [-0.25, -0.2) is 8.78 Å². The van der Waals surface area contributed by atoms with Crippen LogP contribution in [0.3, 0.4) is 0 Å². The molecule has 0 amide bonds. The number of hydrogen-bond acceptors (Lipinski definition) is 10. The summed E-state index contributed by atoms with van der Waals surface area (Å²) in [5, 5.41) is 16.0. The number of phenolic OH excluding ortho intramolecular Hbond substituents is 1. The number of pyridine rings is 1. The van der Waals surface area contributed by atoms with E-state index in [0.717, 1.165) is 31.4 Å². The molecule has 6 aliphatic heterocycles. The predicted octanol–water partition coefficient (Wildman–Crippen LogP) is 3.94. The first kappa shape index (κ1) is 31.8. The third kappa shape index (κ3) is 4.84. The Kier molecular flexibility index (Phi) is 7.20. The Labute approximate surface area is 293 Å². The number of ether oxygens (including phenoxy) is 3. The van der Waals surface area contributed by atoms with Crippen LogP contribution in [-0.4, -0.2) is 108 Å². The Hall–Kier alpha value is -3.91. The SMILES string of the molecule is COCCc1cccc2cc(O)cc(-c3c(F)c4nc(OC[C@]56C[C@@H](F)CN5CC5(COC5)C6)nc5c4n(c3=O)CCC3C4CCC(CN53)N4)c12. The third-order valence-electron chi connectivity index (χ3n) is 12.6. The summed E-state index contributed by atoms with van der Waals surface area (Å²) in [6, 6.07) is 9.33. The van der Waals surface area contributed by atoms with Gasteiger partial charge in [0.25, 0.3) is 5.56 Å². The van der Waals surface area contributed by atoms with Crippen LogP contribution in [0.5, 0.6) is 11.8 Å². The molecule has 0 saturated carbocycles. The lowest BCUT2D eigenvalue weighted by Gasteiger charge is -2.41. The van der Waals surface area contributed by atoms with Gasteiger partial charge in [0.2, 0.25) is 0 Å². The number of hydrogen-bond donors (Lipinski definition) is 2. The quantitative estimate of drug-likeness (QED) is 0.294. The minimum Gasteiger partial charge on any atom is -0.508 e. The molecule has 0 radical (unpaired) electrons. The number of nitrogens with zero attached hydrogens (tertiary/aromatic N) is 5. The lowest BCUT2D eigenvalue weighted by molar-refractivity contribution is -0.108. The van der Waals surface area contributed by atoms with E-state index in [-0.39, 0.29) is 53.0 Å². The Balaban J connectivity index is 1.15. The molecular formula is C38H42F2N6O5. The molecule has 2 aromatic heterocycles. The summed E-state index contributed by atoms with van der Waals surface area (Å²) in [5.41, 5.74) is 0.401. The molecule has 0 aliphatic carbocycles. The van der Waals surface area contributed by atoms with E-state index in [1.54, 1.807) is 17.7 Å². The van der Waals surface area contributed by atoms with Gasteiger partial charge in [0, 0.05) is 68.8 Å². The van der Waals surface area contributed by atoms with Crippen molar-refractivity contribution in [2.45, 2.75) is 74.9 Å². The highest BCUT2D eigenvalue weighted by molar-refractivity contribution is 6.02. The number of methoxy groups -OCH3 is 1. The first-order chi connectivity index (χ1) is 24.7. The zero-order chi connectivity index (χ0) is 34.6. The van der Waals surface area contributed by atoms with Gasteiger partial charge in [0.15, 0.2) is 11.6 Å². The molecule has 3 unspecified atom stereocenters. The number of alkyl halides is 1. The van der Waals surface area contributed by atoms with Crippen LogP contribution in [0.2, 0.25) is 0 Å². The van der Waals surface area contributed by atoms with Crippen LogP contribution in [0.25, 0.3) is 32.9 Å². The molecular weight excluding hydrogens is 658 g/mol. The molecule has 8 heterocycles. The van der Waals surface area contributed by atoms with Crippen LogP contribution >= 0.6 is 0 Å². The van der Waals surface area contributed by atoms with Gasteiger partial charge < -0.3 is 34.1 Å². The number of aromatic hydroxyl groups is 1. The topological polar surface area (TPSA) is 114 Å². The molecule has 13 heteroatoms. The number of piperazine rings is 1. The minimum absolute atomic E-state index is 0.00132. The number of aromatic nitrogens is 3. The number of phenols is 1. The van der Waals surface area contributed by atoms with Crippen molar-refractivity contribution in [3.63, 3.8) is 0 Å². The summed E-state index contributed by atoms with van der Waals surface area (Å²) >= 11 is 0. The average molecular weight is 701 g/mol. The number of fused-ring (bicyclic) bond motifs is 7. The molecule has 268 valence electrons. The van der Waals surface area contributed by atoms with Gasteiger partial charge in [-0.3, -0.25) is 9.69 Å². The molecule has 5 saturated heterocycles. The van der Waals surface area contributed by atoms with Crippen molar-refractivity contribution in [1.29, 1.82) is 0 Å². The second kappa shape index (κ2) is 11.5. The monoisotopic (exact) mass is 700 g/mol. The van der Waals surface area contributed by atoms with E-state index in [4.69, 9.17) is 24.2 Å². The van der Waals surface area contributed by atoms with E-state index in [2.05, 4.69) is 15.1 Å². The Bertz CT molecular complexity index is 2140. The number of nitrogens with one attached hydrogen (secondary N) is 1. The molecule has 2 bridgehead atoms. The maximum atomic E-state index is 17.5. The van der Waals surface area contributed by atoms with Crippen molar-refractivity contribution in [3.8, 4) is 22.9 Å². The number of benzene rings is 2. The standard InChI is InChI=1S/C38H42F2N6O5/c1-49-10-8-21-3-2-4-22-11-25(47)12-26(29(21)22)30-31(40)32-33-34(46-15-24-5-6-27(41-24)28(46)7-9-45(33)35(30)48)43-36(42-32)51-20-38-13-23(39)14-44(38)17-37(16-38)18-50-19-37/h2-4,11-12,23-24,27-28,41,47H,5-10,13-20H2,1H3/t23-,24?,27?,28?,38-/m1/s1. The van der Waals surface area contributed by atoms with E-state index in [1.807, 2.05) is 18.2 Å². The van der Waals surface area contributed by atoms with Crippen molar-refractivity contribution in [2.75, 3.05) is 58.1 Å². The van der Waals surface area contributed by atoms with E-state index >= 15 is 4.39 Å². The molecule has 6 aliphatic rings. The number of halogens is 2. The second-order valence-electron chi connectivity index (χ2n) is 15.8. The van der Waals surface area contributed by atoms with E-state index in [9.17, 15) is 14.3 Å². The summed E-state index contributed by atoms with van der Waals surface area (Å²) in [5.74, 6) is -0.347.